The highest BCUT2D eigenvalue weighted by molar-refractivity contribution is 5.74. The third-order valence-electron chi connectivity index (χ3n) is 5.31. The molecule has 2 aliphatic heterocycles. The molecule has 0 aliphatic carbocycles. The number of hydrogen-bond acceptors (Lipinski definition) is 3. The minimum absolute atomic E-state index is 0.0546. The van der Waals surface area contributed by atoms with Crippen molar-refractivity contribution in [3.63, 3.8) is 0 Å². The van der Waals surface area contributed by atoms with E-state index in [2.05, 4.69) is 46.7 Å². The average molecular weight is 345 g/mol. The fraction of sp³-hybridized carbons (Fsp3) is 0.650. The quantitative estimate of drug-likeness (QED) is 0.862. The maximum Gasteiger partial charge on any atom is 0.315 e. The molecule has 0 aromatic heterocycles. The van der Waals surface area contributed by atoms with Gasteiger partial charge >= 0.3 is 6.03 Å². The smallest absolute Gasteiger partial charge is 0.315 e. The number of amides is 2. The topological polar surface area (TPSA) is 53.6 Å². The van der Waals surface area contributed by atoms with Crippen molar-refractivity contribution in [3.8, 4) is 0 Å². The van der Waals surface area contributed by atoms with E-state index in [0.717, 1.165) is 39.1 Å². The summed E-state index contributed by atoms with van der Waals surface area (Å²) in [5.74, 6) is 0. The Hall–Kier alpha value is -1.59. The summed E-state index contributed by atoms with van der Waals surface area (Å²) in [6.07, 6.45) is 5.61. The van der Waals surface area contributed by atoms with Gasteiger partial charge in [0.15, 0.2) is 0 Å². The van der Waals surface area contributed by atoms with Gasteiger partial charge in [-0.3, -0.25) is 4.90 Å². The number of hydrogen-bond donors (Lipinski definition) is 2. The molecule has 2 amide bonds. The number of ether oxygens (including phenoxy) is 1. The third kappa shape index (κ3) is 5.44. The van der Waals surface area contributed by atoms with Gasteiger partial charge < -0.3 is 15.4 Å². The lowest BCUT2D eigenvalue weighted by Gasteiger charge is -2.35. The molecule has 3 rings (SSSR count). The van der Waals surface area contributed by atoms with E-state index in [-0.39, 0.29) is 18.1 Å². The Bertz CT molecular complexity index is 534. The Morgan fingerprint density at radius 2 is 1.84 bits per heavy atom. The second-order valence-electron chi connectivity index (χ2n) is 7.26. The molecule has 1 unspecified atom stereocenters. The molecule has 2 heterocycles. The van der Waals surface area contributed by atoms with E-state index in [1.165, 1.54) is 30.4 Å². The number of likely N-dealkylation sites (tertiary alicyclic amines) is 1. The first-order chi connectivity index (χ1) is 12.2. The lowest BCUT2D eigenvalue weighted by molar-refractivity contribution is 0.0799. The summed E-state index contributed by atoms with van der Waals surface area (Å²) in [5, 5.41) is 6.20. The Kier molecular flexibility index (Phi) is 6.70. The number of benzene rings is 1. The summed E-state index contributed by atoms with van der Waals surface area (Å²) in [6, 6.07) is 9.16. The number of carbonyl (C=O) groups excluding carboxylic acids is 1. The molecule has 138 valence electrons. The van der Waals surface area contributed by atoms with E-state index < -0.39 is 0 Å². The van der Waals surface area contributed by atoms with E-state index in [0.29, 0.717) is 6.54 Å². The Labute approximate surface area is 151 Å². The van der Waals surface area contributed by atoms with E-state index in [9.17, 15) is 4.79 Å². The van der Waals surface area contributed by atoms with Crippen molar-refractivity contribution >= 4 is 6.03 Å². The molecule has 2 saturated heterocycles. The van der Waals surface area contributed by atoms with Gasteiger partial charge in [0.25, 0.3) is 0 Å². The van der Waals surface area contributed by atoms with Gasteiger partial charge in [0.2, 0.25) is 0 Å². The van der Waals surface area contributed by atoms with Crippen LogP contribution in [-0.4, -0.2) is 49.8 Å². The Balaban J connectivity index is 1.58. The lowest BCUT2D eigenvalue weighted by atomic mass is 10.0. The molecule has 1 aromatic rings. The monoisotopic (exact) mass is 345 g/mol. The van der Waals surface area contributed by atoms with Gasteiger partial charge in [0, 0.05) is 25.8 Å². The van der Waals surface area contributed by atoms with Crippen molar-refractivity contribution in [1.82, 2.24) is 15.5 Å². The van der Waals surface area contributed by atoms with Gasteiger partial charge in [-0.15, -0.1) is 0 Å². The predicted molar refractivity (Wildman–Crippen MR) is 99.7 cm³/mol. The summed E-state index contributed by atoms with van der Waals surface area (Å²) < 4.78 is 5.35. The molecule has 0 spiro atoms. The normalized spacial score (nSPS) is 20.8. The van der Waals surface area contributed by atoms with E-state index in [1.807, 2.05) is 0 Å². The average Bonchev–Trinajstić information content (AvgIpc) is 2.65. The number of nitrogens with zero attached hydrogens (tertiary/aromatic N) is 1. The van der Waals surface area contributed by atoms with E-state index in [4.69, 9.17) is 4.74 Å². The van der Waals surface area contributed by atoms with Crippen LogP contribution in [0.3, 0.4) is 0 Å². The van der Waals surface area contributed by atoms with Crippen molar-refractivity contribution in [3.05, 3.63) is 35.4 Å². The summed E-state index contributed by atoms with van der Waals surface area (Å²) in [6.45, 7) is 6.47. The molecular weight excluding hydrogens is 314 g/mol. The van der Waals surface area contributed by atoms with Crippen LogP contribution < -0.4 is 10.6 Å². The Morgan fingerprint density at radius 1 is 1.16 bits per heavy atom. The van der Waals surface area contributed by atoms with Crippen LogP contribution in [0.5, 0.6) is 0 Å². The molecule has 2 fully saturated rings. The van der Waals surface area contributed by atoms with Gasteiger partial charge in [-0.2, -0.15) is 0 Å². The lowest BCUT2D eigenvalue weighted by Crippen LogP contribution is -2.47. The molecule has 5 nitrogen and oxygen atoms in total. The van der Waals surface area contributed by atoms with Gasteiger partial charge in [0.05, 0.1) is 6.04 Å². The number of aryl methyl sites for hydroxylation is 1. The van der Waals surface area contributed by atoms with Crippen LogP contribution in [0.1, 0.15) is 49.3 Å². The van der Waals surface area contributed by atoms with E-state index >= 15 is 0 Å². The largest absolute Gasteiger partial charge is 0.381 e. The van der Waals surface area contributed by atoms with Crippen molar-refractivity contribution in [1.29, 1.82) is 0 Å². The van der Waals surface area contributed by atoms with Crippen molar-refractivity contribution in [2.75, 3.05) is 32.8 Å². The highest BCUT2D eigenvalue weighted by Gasteiger charge is 2.23. The second-order valence-corrected chi connectivity index (χ2v) is 7.26. The van der Waals surface area contributed by atoms with Crippen LogP contribution in [-0.2, 0) is 4.74 Å². The zero-order valence-corrected chi connectivity index (χ0v) is 15.3. The summed E-state index contributed by atoms with van der Waals surface area (Å²) in [5.41, 5.74) is 2.56. The van der Waals surface area contributed by atoms with Crippen LogP contribution >= 0.6 is 0 Å². The number of carbonyl (C=O) groups is 1. The molecule has 0 saturated carbocycles. The fourth-order valence-corrected chi connectivity index (χ4v) is 3.74. The van der Waals surface area contributed by atoms with Crippen molar-refractivity contribution in [2.45, 2.75) is 51.1 Å². The highest BCUT2D eigenvalue weighted by atomic mass is 16.5. The van der Waals surface area contributed by atoms with Gasteiger partial charge in [-0.1, -0.05) is 36.2 Å². The van der Waals surface area contributed by atoms with Crippen LogP contribution in [0.15, 0.2) is 24.3 Å². The minimum Gasteiger partial charge on any atom is -0.381 e. The van der Waals surface area contributed by atoms with Gasteiger partial charge in [0.1, 0.15) is 0 Å². The van der Waals surface area contributed by atoms with Crippen LogP contribution in [0.25, 0.3) is 0 Å². The standard InChI is InChI=1S/C20H31N3O2/c1-16-5-7-17(8-6-16)19(23-11-3-2-4-12-23)15-21-20(24)22-18-9-13-25-14-10-18/h5-8,18-19H,2-4,9-15H2,1H3,(H2,21,22,24). The molecule has 0 bridgehead atoms. The van der Waals surface area contributed by atoms with Crippen LogP contribution in [0, 0.1) is 6.92 Å². The first-order valence-corrected chi connectivity index (χ1v) is 9.65. The predicted octanol–water partition coefficient (Wildman–Crippen LogP) is 3.00. The highest BCUT2D eigenvalue weighted by Crippen LogP contribution is 2.24. The summed E-state index contributed by atoms with van der Waals surface area (Å²) in [4.78, 5) is 14.8. The fourth-order valence-electron chi connectivity index (χ4n) is 3.74. The first kappa shape index (κ1) is 18.2. The minimum atomic E-state index is -0.0546. The molecule has 25 heavy (non-hydrogen) atoms. The summed E-state index contributed by atoms with van der Waals surface area (Å²) >= 11 is 0. The van der Waals surface area contributed by atoms with Crippen molar-refractivity contribution < 1.29 is 9.53 Å². The maximum atomic E-state index is 12.3. The zero-order chi connectivity index (χ0) is 17.5. The number of urea groups is 1. The van der Waals surface area contributed by atoms with Crippen LogP contribution in [0.2, 0.25) is 0 Å². The van der Waals surface area contributed by atoms with Gasteiger partial charge in [-0.05, 0) is 51.3 Å². The summed E-state index contributed by atoms with van der Waals surface area (Å²) in [7, 11) is 0. The molecule has 1 atom stereocenters. The zero-order valence-electron chi connectivity index (χ0n) is 15.3. The van der Waals surface area contributed by atoms with Crippen LogP contribution in [0.4, 0.5) is 4.79 Å². The number of rotatable bonds is 5. The number of piperidine rings is 1. The maximum absolute atomic E-state index is 12.3. The van der Waals surface area contributed by atoms with Crippen molar-refractivity contribution in [2.24, 2.45) is 0 Å². The molecular formula is C20H31N3O2. The molecule has 5 heteroatoms. The Morgan fingerprint density at radius 3 is 2.52 bits per heavy atom. The van der Waals surface area contributed by atoms with Gasteiger partial charge in [-0.25, -0.2) is 4.79 Å². The third-order valence-corrected chi connectivity index (χ3v) is 5.31. The first-order valence-electron chi connectivity index (χ1n) is 9.65. The number of nitrogens with one attached hydrogen (secondary N) is 2. The molecule has 2 N–H and O–H groups in total. The molecule has 1 aromatic carbocycles. The SMILES string of the molecule is Cc1ccc(C(CNC(=O)NC2CCOCC2)N2CCCCC2)cc1. The van der Waals surface area contributed by atoms with E-state index in [1.54, 1.807) is 0 Å². The molecule has 2 aliphatic rings. The second kappa shape index (κ2) is 9.20. The molecule has 0 radical (unpaired) electrons.